The molecule has 6 nitrogen and oxygen atoms in total. The lowest BCUT2D eigenvalue weighted by Crippen LogP contribution is -1.82. The molecule has 0 aliphatic heterocycles. The van der Waals surface area contributed by atoms with Crippen LogP contribution in [0.3, 0.4) is 0 Å². The van der Waals surface area contributed by atoms with Gasteiger partial charge in [0.1, 0.15) is 5.69 Å². The minimum atomic E-state index is 0.347. The molecule has 0 radical (unpaired) electrons. The highest BCUT2D eigenvalue weighted by atomic mass is 35.5. The molecule has 5 rings (SSSR count). The number of aromatic nitrogens is 4. The number of hydrogen-bond donors (Lipinski definition) is 0. The maximum atomic E-state index is 6.21. The second-order valence-electron chi connectivity index (χ2n) is 5.87. The van der Waals surface area contributed by atoms with E-state index in [0.29, 0.717) is 39.3 Å². The third kappa shape index (κ3) is 2.76. The summed E-state index contributed by atoms with van der Waals surface area (Å²) in [6.45, 7) is 0. The first kappa shape index (κ1) is 15.7. The van der Waals surface area contributed by atoms with E-state index in [1.54, 1.807) is 12.3 Å². The van der Waals surface area contributed by atoms with Crippen LogP contribution in [0, 0.1) is 0 Å². The summed E-state index contributed by atoms with van der Waals surface area (Å²) < 4.78 is 11.1. The van der Waals surface area contributed by atoms with Gasteiger partial charge in [-0.05, 0) is 18.2 Å². The lowest BCUT2D eigenvalue weighted by molar-refractivity contribution is 0.451. The SMILES string of the molecule is Clc1ccccc1-c1nnc(-c2cnc3onc(-c4ccccc4)c3c2)o1. The Morgan fingerprint density at radius 1 is 0.815 bits per heavy atom. The maximum Gasteiger partial charge on any atom is 0.258 e. The van der Waals surface area contributed by atoms with Crippen LogP contribution in [-0.2, 0) is 0 Å². The number of benzene rings is 2. The summed E-state index contributed by atoms with van der Waals surface area (Å²) in [4.78, 5) is 4.32. The number of rotatable bonds is 3. The number of pyridine rings is 1. The van der Waals surface area contributed by atoms with Gasteiger partial charge in [0.2, 0.25) is 11.8 Å². The van der Waals surface area contributed by atoms with Gasteiger partial charge in [0, 0.05) is 11.8 Å². The monoisotopic (exact) mass is 374 g/mol. The van der Waals surface area contributed by atoms with Gasteiger partial charge in [-0.15, -0.1) is 10.2 Å². The highest BCUT2D eigenvalue weighted by Gasteiger charge is 2.17. The molecule has 130 valence electrons. The molecule has 0 saturated heterocycles. The Morgan fingerprint density at radius 2 is 1.59 bits per heavy atom. The molecule has 0 aliphatic carbocycles. The highest BCUT2D eigenvalue weighted by Crippen LogP contribution is 2.32. The van der Waals surface area contributed by atoms with Crippen LogP contribution in [-0.4, -0.2) is 20.3 Å². The van der Waals surface area contributed by atoms with Crippen molar-refractivity contribution in [3.8, 4) is 34.2 Å². The molecule has 2 aromatic carbocycles. The van der Waals surface area contributed by atoms with Crippen LogP contribution in [0.5, 0.6) is 0 Å². The van der Waals surface area contributed by atoms with Gasteiger partial charge in [-0.25, -0.2) is 4.98 Å². The van der Waals surface area contributed by atoms with Crippen molar-refractivity contribution in [1.29, 1.82) is 0 Å². The first-order valence-electron chi connectivity index (χ1n) is 8.19. The average Bonchev–Trinajstić information content (AvgIpc) is 3.36. The van der Waals surface area contributed by atoms with Gasteiger partial charge in [0.25, 0.3) is 5.71 Å². The summed E-state index contributed by atoms with van der Waals surface area (Å²) in [5.74, 6) is 0.698. The van der Waals surface area contributed by atoms with Gasteiger partial charge in [-0.1, -0.05) is 59.2 Å². The van der Waals surface area contributed by atoms with Crippen LogP contribution in [0.4, 0.5) is 0 Å². The molecule has 0 spiro atoms. The predicted octanol–water partition coefficient (Wildman–Crippen LogP) is 5.26. The van der Waals surface area contributed by atoms with E-state index in [4.69, 9.17) is 20.5 Å². The lowest BCUT2D eigenvalue weighted by atomic mass is 10.1. The maximum absolute atomic E-state index is 6.21. The zero-order chi connectivity index (χ0) is 18.2. The first-order valence-corrected chi connectivity index (χ1v) is 8.57. The van der Waals surface area contributed by atoms with Crippen molar-refractivity contribution < 1.29 is 8.94 Å². The molecule has 0 unspecified atom stereocenters. The van der Waals surface area contributed by atoms with E-state index in [9.17, 15) is 0 Å². The Bertz CT molecular complexity index is 1250. The molecule has 27 heavy (non-hydrogen) atoms. The summed E-state index contributed by atoms with van der Waals surface area (Å²) in [6.07, 6.45) is 1.62. The standard InChI is InChI=1S/C20H11ClN4O2/c21-16-9-5-4-8-14(16)20-24-23-18(26-20)13-10-15-17(12-6-2-1-3-7-12)25-27-19(15)22-11-13/h1-11H. The second kappa shape index (κ2) is 6.34. The molecule has 3 heterocycles. The fraction of sp³-hybridized carbons (Fsp3) is 0. The van der Waals surface area contributed by atoms with E-state index >= 15 is 0 Å². The van der Waals surface area contributed by atoms with Crippen LogP contribution >= 0.6 is 11.6 Å². The van der Waals surface area contributed by atoms with Crippen molar-refractivity contribution in [2.24, 2.45) is 0 Å². The zero-order valence-electron chi connectivity index (χ0n) is 13.8. The number of nitrogens with zero attached hydrogens (tertiary/aromatic N) is 4. The smallest absolute Gasteiger partial charge is 0.258 e. The topological polar surface area (TPSA) is 77.8 Å². The van der Waals surface area contributed by atoms with Gasteiger partial charge in [0.15, 0.2) is 0 Å². The highest BCUT2D eigenvalue weighted by molar-refractivity contribution is 6.33. The molecule has 7 heteroatoms. The summed E-state index contributed by atoms with van der Waals surface area (Å²) in [7, 11) is 0. The molecule has 3 aromatic heterocycles. The third-order valence-corrected chi connectivity index (χ3v) is 4.48. The van der Waals surface area contributed by atoms with Gasteiger partial charge >= 0.3 is 0 Å². The molecule has 0 atom stereocenters. The molecular formula is C20H11ClN4O2. The van der Waals surface area contributed by atoms with Crippen LogP contribution in [0.1, 0.15) is 0 Å². The summed E-state index contributed by atoms with van der Waals surface area (Å²) in [6, 6.07) is 19.0. The van der Waals surface area contributed by atoms with E-state index in [1.807, 2.05) is 54.6 Å². The van der Waals surface area contributed by atoms with E-state index in [1.165, 1.54) is 0 Å². The number of halogens is 1. The van der Waals surface area contributed by atoms with E-state index in [2.05, 4.69) is 20.3 Å². The quantitative estimate of drug-likeness (QED) is 0.428. The van der Waals surface area contributed by atoms with Gasteiger partial charge < -0.3 is 8.94 Å². The Kier molecular flexibility index (Phi) is 3.69. The Morgan fingerprint density at radius 3 is 2.44 bits per heavy atom. The Hall–Kier alpha value is -3.51. The largest absolute Gasteiger partial charge is 0.416 e. The molecule has 0 bridgehead atoms. The third-order valence-electron chi connectivity index (χ3n) is 4.15. The van der Waals surface area contributed by atoms with E-state index < -0.39 is 0 Å². The summed E-state index contributed by atoms with van der Waals surface area (Å²) in [5, 5.41) is 13.7. The molecular weight excluding hydrogens is 364 g/mol. The minimum Gasteiger partial charge on any atom is -0.416 e. The van der Waals surface area contributed by atoms with Gasteiger partial charge in [0.05, 0.1) is 21.5 Å². The van der Waals surface area contributed by atoms with E-state index in [0.717, 1.165) is 10.9 Å². The average molecular weight is 375 g/mol. The fourth-order valence-corrected chi connectivity index (χ4v) is 3.05. The number of fused-ring (bicyclic) bond motifs is 1. The van der Waals surface area contributed by atoms with Crippen molar-refractivity contribution in [3.05, 3.63) is 71.9 Å². The predicted molar refractivity (Wildman–Crippen MR) is 101 cm³/mol. The molecule has 0 fully saturated rings. The van der Waals surface area contributed by atoms with Crippen LogP contribution in [0.2, 0.25) is 5.02 Å². The molecule has 0 N–H and O–H groups in total. The molecule has 0 saturated carbocycles. The summed E-state index contributed by atoms with van der Waals surface area (Å²) >= 11 is 6.21. The minimum absolute atomic E-state index is 0.347. The van der Waals surface area contributed by atoms with Gasteiger partial charge in [-0.3, -0.25) is 0 Å². The van der Waals surface area contributed by atoms with Gasteiger partial charge in [-0.2, -0.15) is 0 Å². The van der Waals surface area contributed by atoms with Crippen LogP contribution < -0.4 is 0 Å². The Balaban J connectivity index is 1.59. The molecule has 0 aliphatic rings. The fourth-order valence-electron chi connectivity index (χ4n) is 2.84. The second-order valence-corrected chi connectivity index (χ2v) is 6.27. The normalized spacial score (nSPS) is 11.1. The van der Waals surface area contributed by atoms with Crippen molar-refractivity contribution in [2.45, 2.75) is 0 Å². The van der Waals surface area contributed by atoms with E-state index in [-0.39, 0.29) is 0 Å². The van der Waals surface area contributed by atoms with Crippen molar-refractivity contribution in [2.75, 3.05) is 0 Å². The summed E-state index contributed by atoms with van der Waals surface area (Å²) in [5.41, 5.74) is 3.46. The van der Waals surface area contributed by atoms with Crippen molar-refractivity contribution >= 4 is 22.7 Å². The van der Waals surface area contributed by atoms with Crippen molar-refractivity contribution in [1.82, 2.24) is 20.3 Å². The lowest BCUT2D eigenvalue weighted by Gasteiger charge is -1.98. The van der Waals surface area contributed by atoms with Crippen LogP contribution in [0.25, 0.3) is 45.3 Å². The Labute approximate surface area is 158 Å². The zero-order valence-corrected chi connectivity index (χ0v) is 14.6. The van der Waals surface area contributed by atoms with Crippen molar-refractivity contribution in [3.63, 3.8) is 0 Å². The molecule has 0 amide bonds. The number of hydrogen-bond acceptors (Lipinski definition) is 6. The molecule has 5 aromatic rings. The first-order chi connectivity index (χ1) is 13.3. The van der Waals surface area contributed by atoms with Crippen LogP contribution in [0.15, 0.2) is 75.8 Å².